The third kappa shape index (κ3) is 3.94. The molecular formula is C29H34N6O2. The van der Waals surface area contributed by atoms with Gasteiger partial charge in [0, 0.05) is 36.0 Å². The predicted octanol–water partition coefficient (Wildman–Crippen LogP) is 4.72. The van der Waals surface area contributed by atoms with Crippen molar-refractivity contribution >= 4 is 27.6 Å². The number of nitrogens with one attached hydrogen (secondary N) is 1. The number of ether oxygens (including phenoxy) is 2. The van der Waals surface area contributed by atoms with Gasteiger partial charge >= 0.3 is 6.01 Å². The van der Waals surface area contributed by atoms with Gasteiger partial charge in [-0.2, -0.15) is 15.1 Å². The van der Waals surface area contributed by atoms with E-state index in [0.717, 1.165) is 70.6 Å². The van der Waals surface area contributed by atoms with Crippen LogP contribution < -0.4 is 9.64 Å². The summed E-state index contributed by atoms with van der Waals surface area (Å²) in [4.78, 5) is 15.0. The van der Waals surface area contributed by atoms with E-state index in [1.807, 2.05) is 6.07 Å². The van der Waals surface area contributed by atoms with Crippen LogP contribution in [0, 0.1) is 6.92 Å². The van der Waals surface area contributed by atoms with E-state index in [0.29, 0.717) is 19.2 Å². The number of hydrogen-bond acceptors (Lipinski definition) is 7. The molecule has 2 aromatic carbocycles. The van der Waals surface area contributed by atoms with Crippen molar-refractivity contribution in [3.8, 4) is 17.3 Å². The minimum atomic E-state index is 0.153. The van der Waals surface area contributed by atoms with E-state index in [4.69, 9.17) is 19.4 Å². The molecule has 8 nitrogen and oxygen atoms in total. The van der Waals surface area contributed by atoms with Gasteiger partial charge in [0.05, 0.1) is 23.2 Å². The van der Waals surface area contributed by atoms with Crippen LogP contribution in [0.15, 0.2) is 36.4 Å². The molecule has 3 aliphatic heterocycles. The van der Waals surface area contributed by atoms with Crippen LogP contribution in [0.4, 0.5) is 5.82 Å². The number of para-hydroxylation sites is 1. The molecule has 3 aliphatic rings. The quantitative estimate of drug-likeness (QED) is 0.427. The summed E-state index contributed by atoms with van der Waals surface area (Å²) >= 11 is 0. The van der Waals surface area contributed by atoms with Crippen molar-refractivity contribution in [2.75, 3.05) is 50.9 Å². The third-order valence-electron chi connectivity index (χ3n) is 8.61. The van der Waals surface area contributed by atoms with E-state index in [1.165, 1.54) is 38.8 Å². The molecule has 3 saturated heterocycles. The highest BCUT2D eigenvalue weighted by atomic mass is 16.5. The van der Waals surface area contributed by atoms with Gasteiger partial charge in [-0.1, -0.05) is 24.3 Å². The van der Waals surface area contributed by atoms with Crippen molar-refractivity contribution < 1.29 is 9.47 Å². The van der Waals surface area contributed by atoms with Crippen LogP contribution in [-0.4, -0.2) is 76.6 Å². The summed E-state index contributed by atoms with van der Waals surface area (Å²) in [6, 6.07) is 13.1. The zero-order valence-electron chi connectivity index (χ0n) is 21.5. The van der Waals surface area contributed by atoms with Crippen LogP contribution in [0.1, 0.15) is 37.7 Å². The van der Waals surface area contributed by atoms with Crippen molar-refractivity contribution in [2.45, 2.75) is 44.6 Å². The second-order valence-electron chi connectivity index (χ2n) is 10.7. The number of benzene rings is 2. The summed E-state index contributed by atoms with van der Waals surface area (Å²) in [6.07, 6.45) is 5.89. The van der Waals surface area contributed by atoms with Crippen LogP contribution in [0.2, 0.25) is 0 Å². The molecule has 0 radical (unpaired) electrons. The number of rotatable bonds is 5. The Bertz CT molecular complexity index is 1430. The Balaban J connectivity index is 1.33. The molecule has 2 aromatic heterocycles. The Hall–Kier alpha value is -3.23. The summed E-state index contributed by atoms with van der Waals surface area (Å²) < 4.78 is 12.2. The van der Waals surface area contributed by atoms with E-state index in [1.54, 1.807) is 0 Å². The molecular weight excluding hydrogens is 464 g/mol. The largest absolute Gasteiger partial charge is 0.461 e. The number of aryl methyl sites for hydroxylation is 1. The maximum Gasteiger partial charge on any atom is 0.319 e. The molecule has 5 heterocycles. The molecule has 7 rings (SSSR count). The number of H-pyrrole nitrogens is 1. The van der Waals surface area contributed by atoms with E-state index in [2.05, 4.69) is 57.3 Å². The SMILES string of the molecule is Cc1c(-c2n[nH]c3ccccc23)ccc2c(N3CCCOCC3)nc(OCC34CCCN3CCC4)nc12. The number of hydrogen-bond donors (Lipinski definition) is 1. The summed E-state index contributed by atoms with van der Waals surface area (Å²) in [5.74, 6) is 0.944. The van der Waals surface area contributed by atoms with Gasteiger partial charge in [-0.3, -0.25) is 10.00 Å². The van der Waals surface area contributed by atoms with Crippen molar-refractivity contribution in [1.82, 2.24) is 25.1 Å². The minimum absolute atomic E-state index is 0.153. The normalized spacial score (nSPS) is 20.0. The van der Waals surface area contributed by atoms with Crippen molar-refractivity contribution in [3.05, 3.63) is 42.0 Å². The zero-order valence-corrected chi connectivity index (χ0v) is 21.5. The summed E-state index contributed by atoms with van der Waals surface area (Å²) in [6.45, 7) is 8.38. The van der Waals surface area contributed by atoms with Gasteiger partial charge in [0.25, 0.3) is 0 Å². The molecule has 37 heavy (non-hydrogen) atoms. The van der Waals surface area contributed by atoms with Gasteiger partial charge in [0.15, 0.2) is 0 Å². The number of anilines is 1. The summed E-state index contributed by atoms with van der Waals surface area (Å²) in [5, 5.41) is 10.0. The first-order chi connectivity index (χ1) is 18.2. The lowest BCUT2D eigenvalue weighted by atomic mass is 9.95. The van der Waals surface area contributed by atoms with Crippen LogP contribution in [0.25, 0.3) is 33.1 Å². The molecule has 3 fully saturated rings. The summed E-state index contributed by atoms with van der Waals surface area (Å²) in [7, 11) is 0. The second kappa shape index (κ2) is 9.26. The first kappa shape index (κ1) is 22.9. The van der Waals surface area contributed by atoms with Gasteiger partial charge in [0.2, 0.25) is 0 Å². The highest BCUT2D eigenvalue weighted by molar-refractivity contribution is 6.00. The zero-order chi connectivity index (χ0) is 24.8. The maximum absolute atomic E-state index is 6.48. The van der Waals surface area contributed by atoms with Gasteiger partial charge in [-0.25, -0.2) is 0 Å². The standard InChI is InChI=1S/C29H34N6O2/c1-20-21(26-22-7-2-3-8-24(22)32-33-26)9-10-23-25(20)30-28(31-27(23)34-13-6-17-36-18-16-34)37-19-29-11-4-14-35(29)15-5-12-29/h2-3,7-10H,4-6,11-19H2,1H3,(H,32,33). The lowest BCUT2D eigenvalue weighted by molar-refractivity contribution is 0.108. The van der Waals surface area contributed by atoms with Crippen LogP contribution in [0.5, 0.6) is 6.01 Å². The van der Waals surface area contributed by atoms with E-state index < -0.39 is 0 Å². The smallest absolute Gasteiger partial charge is 0.319 e. The number of nitrogens with zero attached hydrogens (tertiary/aromatic N) is 5. The molecule has 4 aromatic rings. The van der Waals surface area contributed by atoms with Gasteiger partial charge in [-0.05, 0) is 69.8 Å². The Morgan fingerprint density at radius 2 is 1.81 bits per heavy atom. The highest BCUT2D eigenvalue weighted by Crippen LogP contribution is 2.40. The van der Waals surface area contributed by atoms with Gasteiger partial charge in [-0.15, -0.1) is 0 Å². The number of aromatic nitrogens is 4. The van der Waals surface area contributed by atoms with Gasteiger partial charge in [0.1, 0.15) is 18.1 Å². The molecule has 192 valence electrons. The fourth-order valence-corrected chi connectivity index (χ4v) is 6.64. The number of aromatic amines is 1. The molecule has 0 aliphatic carbocycles. The van der Waals surface area contributed by atoms with E-state index in [9.17, 15) is 0 Å². The lowest BCUT2D eigenvalue weighted by Gasteiger charge is -2.31. The lowest BCUT2D eigenvalue weighted by Crippen LogP contribution is -2.43. The Labute approximate surface area is 217 Å². The average Bonchev–Trinajstić information content (AvgIpc) is 3.56. The van der Waals surface area contributed by atoms with Crippen LogP contribution in [0.3, 0.4) is 0 Å². The van der Waals surface area contributed by atoms with Crippen molar-refractivity contribution in [1.29, 1.82) is 0 Å². The fourth-order valence-electron chi connectivity index (χ4n) is 6.64. The third-order valence-corrected chi connectivity index (χ3v) is 8.61. The maximum atomic E-state index is 6.48. The summed E-state index contributed by atoms with van der Waals surface area (Å²) in [5.41, 5.74) is 5.24. The molecule has 0 spiro atoms. The van der Waals surface area contributed by atoms with Gasteiger partial charge < -0.3 is 14.4 Å². The monoisotopic (exact) mass is 498 g/mol. The van der Waals surface area contributed by atoms with Crippen molar-refractivity contribution in [2.24, 2.45) is 0 Å². The second-order valence-corrected chi connectivity index (χ2v) is 10.7. The molecule has 8 heteroatoms. The minimum Gasteiger partial charge on any atom is -0.461 e. The van der Waals surface area contributed by atoms with E-state index in [-0.39, 0.29) is 5.54 Å². The van der Waals surface area contributed by atoms with E-state index >= 15 is 0 Å². The molecule has 0 atom stereocenters. The molecule has 1 N–H and O–H groups in total. The topological polar surface area (TPSA) is 79.4 Å². The predicted molar refractivity (Wildman–Crippen MR) is 145 cm³/mol. The first-order valence-electron chi connectivity index (χ1n) is 13.7. The van der Waals surface area contributed by atoms with Crippen molar-refractivity contribution in [3.63, 3.8) is 0 Å². The van der Waals surface area contributed by atoms with Crippen LogP contribution >= 0.6 is 0 Å². The number of fused-ring (bicyclic) bond motifs is 3. The molecule has 0 saturated carbocycles. The Morgan fingerprint density at radius 1 is 0.946 bits per heavy atom. The Morgan fingerprint density at radius 3 is 2.70 bits per heavy atom. The first-order valence-corrected chi connectivity index (χ1v) is 13.7. The molecule has 0 unspecified atom stereocenters. The van der Waals surface area contributed by atoms with Crippen LogP contribution in [-0.2, 0) is 4.74 Å². The fraction of sp³-hybridized carbons (Fsp3) is 0.483. The average molecular weight is 499 g/mol. The Kier molecular flexibility index (Phi) is 5.74. The molecule has 0 amide bonds. The highest BCUT2D eigenvalue weighted by Gasteiger charge is 2.45. The molecule has 0 bridgehead atoms.